The summed E-state index contributed by atoms with van der Waals surface area (Å²) < 4.78 is 56.4. The van der Waals surface area contributed by atoms with Gasteiger partial charge in [-0.2, -0.15) is 4.31 Å². The molecular weight excluding hydrogens is 665 g/mol. The third-order valence-corrected chi connectivity index (χ3v) is 10.1. The van der Waals surface area contributed by atoms with Gasteiger partial charge in [0.15, 0.2) is 0 Å². The maximum Gasteiger partial charge on any atom is 0.243 e. The smallest absolute Gasteiger partial charge is 0.243 e. The maximum absolute atomic E-state index is 14.0. The number of aliphatic hydroxyl groups excluding tert-OH is 1. The predicted molar refractivity (Wildman–Crippen MR) is 191 cm³/mol. The molecule has 274 valence electrons. The van der Waals surface area contributed by atoms with Crippen molar-refractivity contribution in [1.29, 1.82) is 0 Å². The highest BCUT2D eigenvalue weighted by molar-refractivity contribution is 7.89. The van der Waals surface area contributed by atoms with E-state index in [0.717, 1.165) is 11.6 Å². The zero-order chi connectivity index (χ0) is 37.4. The normalized spacial score (nSPS) is 14.3. The minimum atomic E-state index is -4.04. The summed E-state index contributed by atoms with van der Waals surface area (Å²) in [6, 6.07) is 16.1. The quantitative estimate of drug-likeness (QED) is 0.138. The number of nitrogen functional groups attached to an aromatic ring is 1. The second-order valence-electron chi connectivity index (χ2n) is 14.7. The van der Waals surface area contributed by atoms with Gasteiger partial charge in [-0.05, 0) is 79.1 Å². The lowest BCUT2D eigenvalue weighted by molar-refractivity contribution is -0.132. The molecule has 6 N–H and O–H groups in total. The van der Waals surface area contributed by atoms with Gasteiger partial charge in [0.2, 0.25) is 21.8 Å². The largest absolute Gasteiger partial charge is 0.399 e. The summed E-state index contributed by atoms with van der Waals surface area (Å²) in [7, 11) is -4.04. The fourth-order valence-electron chi connectivity index (χ4n) is 5.43. The Balaban J connectivity index is 1.84. The number of anilines is 1. The van der Waals surface area contributed by atoms with Crippen molar-refractivity contribution in [1.82, 2.24) is 20.3 Å². The standard InChI is InChI=1S/C37H51F2N5O5S/c1-24(2)22-44(50(48,49)30-15-13-29(40)14-16-30)23-32(45)31(17-25-11-9-8-10-12-25)42-35(47)34(36(3,4)5)43-33(46)21-41-37(6,7)26-18-27(38)20-28(39)19-26/h8-16,18-20,24,31-32,34,41,45H,17,21-23,40H2,1-7H3,(H,42,47)(H,43,46)/t31-,32+,34+/m0/s1. The topological polar surface area (TPSA) is 154 Å². The minimum absolute atomic E-state index is 0.0259. The van der Waals surface area contributed by atoms with E-state index in [2.05, 4.69) is 16.0 Å². The summed E-state index contributed by atoms with van der Waals surface area (Å²) in [6.45, 7) is 11.9. The van der Waals surface area contributed by atoms with Gasteiger partial charge in [0.1, 0.15) is 17.7 Å². The zero-order valence-corrected chi connectivity index (χ0v) is 30.7. The van der Waals surface area contributed by atoms with Crippen LogP contribution in [0.5, 0.6) is 0 Å². The monoisotopic (exact) mass is 715 g/mol. The second-order valence-corrected chi connectivity index (χ2v) is 16.6. The van der Waals surface area contributed by atoms with Gasteiger partial charge in [-0.3, -0.25) is 14.9 Å². The van der Waals surface area contributed by atoms with Crippen LogP contribution in [0.1, 0.15) is 59.6 Å². The molecule has 0 fully saturated rings. The number of carbonyl (C=O) groups excluding carboxylic acids is 2. The number of benzene rings is 3. The van der Waals surface area contributed by atoms with Gasteiger partial charge < -0.3 is 21.5 Å². The van der Waals surface area contributed by atoms with E-state index in [0.29, 0.717) is 11.3 Å². The van der Waals surface area contributed by atoms with E-state index in [1.54, 1.807) is 34.6 Å². The van der Waals surface area contributed by atoms with Gasteiger partial charge in [-0.15, -0.1) is 0 Å². The van der Waals surface area contributed by atoms with Crippen molar-refractivity contribution in [3.05, 3.63) is 95.6 Å². The van der Waals surface area contributed by atoms with Crippen LogP contribution in [0.2, 0.25) is 0 Å². The molecule has 13 heteroatoms. The van der Waals surface area contributed by atoms with Crippen molar-refractivity contribution in [2.45, 2.75) is 83.5 Å². The maximum atomic E-state index is 14.0. The summed E-state index contributed by atoms with van der Waals surface area (Å²) >= 11 is 0. The molecule has 0 unspecified atom stereocenters. The van der Waals surface area contributed by atoms with Crippen molar-refractivity contribution >= 4 is 27.5 Å². The third-order valence-electron chi connectivity index (χ3n) is 8.28. The van der Waals surface area contributed by atoms with Gasteiger partial charge in [0.25, 0.3) is 0 Å². The van der Waals surface area contributed by atoms with Crippen LogP contribution in [0.3, 0.4) is 0 Å². The van der Waals surface area contributed by atoms with E-state index in [9.17, 15) is 31.9 Å². The lowest BCUT2D eigenvalue weighted by Crippen LogP contribution is -2.59. The van der Waals surface area contributed by atoms with E-state index in [-0.39, 0.29) is 36.9 Å². The van der Waals surface area contributed by atoms with Crippen LogP contribution in [0.15, 0.2) is 77.7 Å². The first-order chi connectivity index (χ1) is 23.2. The van der Waals surface area contributed by atoms with E-state index in [1.165, 1.54) is 40.7 Å². The molecule has 0 aliphatic rings. The first-order valence-corrected chi connectivity index (χ1v) is 18.0. The van der Waals surface area contributed by atoms with Crippen molar-refractivity contribution in [3.8, 4) is 0 Å². The summed E-state index contributed by atoms with van der Waals surface area (Å²) in [4.78, 5) is 27.2. The van der Waals surface area contributed by atoms with Gasteiger partial charge in [0.05, 0.1) is 23.6 Å². The minimum Gasteiger partial charge on any atom is -0.399 e. The number of halogens is 2. The summed E-state index contributed by atoms with van der Waals surface area (Å²) in [5.41, 5.74) is 5.51. The average Bonchev–Trinajstić information content (AvgIpc) is 3.01. The number of aliphatic hydroxyl groups is 1. The van der Waals surface area contributed by atoms with Gasteiger partial charge in [-0.25, -0.2) is 17.2 Å². The lowest BCUT2D eigenvalue weighted by atomic mass is 9.85. The molecule has 3 aromatic rings. The highest BCUT2D eigenvalue weighted by Crippen LogP contribution is 2.24. The molecule has 0 spiro atoms. The number of amides is 2. The Hall–Kier alpha value is -3.91. The number of nitrogens with two attached hydrogens (primary N) is 1. The molecule has 3 rings (SSSR count). The number of hydrogen-bond acceptors (Lipinski definition) is 7. The third kappa shape index (κ3) is 11.6. The highest BCUT2D eigenvalue weighted by atomic mass is 32.2. The molecule has 0 bridgehead atoms. The first kappa shape index (κ1) is 40.5. The van der Waals surface area contributed by atoms with Crippen LogP contribution in [0.4, 0.5) is 14.5 Å². The number of nitrogens with zero attached hydrogens (tertiary/aromatic N) is 1. The molecule has 0 saturated heterocycles. The molecule has 10 nitrogen and oxygen atoms in total. The van der Waals surface area contributed by atoms with E-state index in [1.807, 2.05) is 44.2 Å². The lowest BCUT2D eigenvalue weighted by Gasteiger charge is -2.35. The Morgan fingerprint density at radius 3 is 2.00 bits per heavy atom. The fraction of sp³-hybridized carbons (Fsp3) is 0.459. The van der Waals surface area contributed by atoms with Gasteiger partial charge in [-0.1, -0.05) is 65.0 Å². The average molecular weight is 716 g/mol. The molecule has 50 heavy (non-hydrogen) atoms. The summed E-state index contributed by atoms with van der Waals surface area (Å²) in [5.74, 6) is -2.68. The fourth-order valence-corrected chi connectivity index (χ4v) is 7.05. The van der Waals surface area contributed by atoms with Crippen LogP contribution in [-0.2, 0) is 31.6 Å². The summed E-state index contributed by atoms with van der Waals surface area (Å²) in [5, 5.41) is 20.3. The van der Waals surface area contributed by atoms with Crippen LogP contribution in [0.25, 0.3) is 0 Å². The molecular formula is C37H51F2N5O5S. The van der Waals surface area contributed by atoms with Crippen LogP contribution in [0, 0.1) is 23.0 Å². The number of carbonyl (C=O) groups is 2. The van der Waals surface area contributed by atoms with Crippen molar-refractivity contribution in [2.24, 2.45) is 11.3 Å². The Bertz CT molecular complexity index is 1680. The van der Waals surface area contributed by atoms with Crippen LogP contribution >= 0.6 is 0 Å². The Kier molecular flexibility index (Phi) is 13.7. The van der Waals surface area contributed by atoms with Gasteiger partial charge in [0, 0.05) is 30.4 Å². The van der Waals surface area contributed by atoms with Crippen molar-refractivity contribution in [3.63, 3.8) is 0 Å². The molecule has 3 aromatic carbocycles. The first-order valence-electron chi connectivity index (χ1n) is 16.6. The number of nitrogens with one attached hydrogen (secondary N) is 3. The van der Waals surface area contributed by atoms with E-state index in [4.69, 9.17) is 5.73 Å². The molecule has 2 amide bonds. The highest BCUT2D eigenvalue weighted by Gasteiger charge is 2.37. The van der Waals surface area contributed by atoms with E-state index < -0.39 is 62.6 Å². The second kappa shape index (κ2) is 16.9. The zero-order valence-electron chi connectivity index (χ0n) is 29.8. The van der Waals surface area contributed by atoms with E-state index >= 15 is 0 Å². The molecule has 3 atom stereocenters. The molecule has 0 aromatic heterocycles. The Morgan fingerprint density at radius 1 is 0.880 bits per heavy atom. The Morgan fingerprint density at radius 2 is 1.46 bits per heavy atom. The van der Waals surface area contributed by atoms with Crippen molar-refractivity contribution < 1.29 is 31.9 Å². The van der Waals surface area contributed by atoms with Crippen LogP contribution < -0.4 is 21.7 Å². The Labute approximate surface area is 294 Å². The van der Waals surface area contributed by atoms with Crippen LogP contribution in [-0.4, -0.2) is 67.5 Å². The molecule has 0 saturated carbocycles. The molecule has 0 radical (unpaired) electrons. The number of hydrogen-bond donors (Lipinski definition) is 5. The molecule has 0 heterocycles. The van der Waals surface area contributed by atoms with Gasteiger partial charge >= 0.3 is 0 Å². The summed E-state index contributed by atoms with van der Waals surface area (Å²) in [6.07, 6.45) is -1.16. The number of rotatable bonds is 16. The molecule has 0 aliphatic heterocycles. The predicted octanol–water partition coefficient (Wildman–Crippen LogP) is 4.34. The SMILES string of the molecule is CC(C)CN(C[C@@H](O)[C@H](Cc1ccccc1)NC(=O)[C@@H](NC(=O)CNC(C)(C)c1cc(F)cc(F)c1)C(C)(C)C)S(=O)(=O)c1ccc(N)cc1. The van der Waals surface area contributed by atoms with Crippen molar-refractivity contribution in [2.75, 3.05) is 25.4 Å². The number of sulfonamides is 1. The molecule has 0 aliphatic carbocycles.